The van der Waals surface area contributed by atoms with Crippen molar-refractivity contribution in [3.05, 3.63) is 18.1 Å². The summed E-state index contributed by atoms with van der Waals surface area (Å²) >= 11 is 2.02. The van der Waals surface area contributed by atoms with E-state index in [0.29, 0.717) is 6.04 Å². The third-order valence-electron chi connectivity index (χ3n) is 3.15. The standard InChI is InChI=1S/C14H24N4S/c1-11-10-19-6-5-18(11)13-9-15-12(7-16-13)8-17-14(2,3)4/h7,9,11,17H,5-6,8,10H2,1-4H3. The minimum Gasteiger partial charge on any atom is -0.351 e. The van der Waals surface area contributed by atoms with Gasteiger partial charge in [0.2, 0.25) is 0 Å². The monoisotopic (exact) mass is 280 g/mol. The van der Waals surface area contributed by atoms with E-state index in [2.05, 4.69) is 47.9 Å². The topological polar surface area (TPSA) is 41.1 Å². The zero-order valence-corrected chi connectivity index (χ0v) is 13.1. The van der Waals surface area contributed by atoms with Crippen LogP contribution in [0.3, 0.4) is 0 Å². The van der Waals surface area contributed by atoms with E-state index in [-0.39, 0.29) is 5.54 Å². The molecule has 1 aromatic rings. The maximum Gasteiger partial charge on any atom is 0.147 e. The molecule has 1 aliphatic heterocycles. The summed E-state index contributed by atoms with van der Waals surface area (Å²) in [6, 6.07) is 0.548. The minimum atomic E-state index is 0.110. The van der Waals surface area contributed by atoms with Gasteiger partial charge in [0, 0.05) is 36.2 Å². The second-order valence-electron chi connectivity index (χ2n) is 6.09. The van der Waals surface area contributed by atoms with Crippen LogP contribution in [0.1, 0.15) is 33.4 Å². The lowest BCUT2D eigenvalue weighted by atomic mass is 10.1. The molecule has 0 saturated carbocycles. The number of anilines is 1. The molecule has 1 atom stereocenters. The molecule has 0 bridgehead atoms. The van der Waals surface area contributed by atoms with Crippen molar-refractivity contribution in [3.8, 4) is 0 Å². The summed E-state index contributed by atoms with van der Waals surface area (Å²) < 4.78 is 0. The van der Waals surface area contributed by atoms with Crippen LogP contribution in [0.25, 0.3) is 0 Å². The number of aromatic nitrogens is 2. The van der Waals surface area contributed by atoms with Gasteiger partial charge in [-0.1, -0.05) is 0 Å². The average Bonchev–Trinajstić information content (AvgIpc) is 2.37. The van der Waals surface area contributed by atoms with Gasteiger partial charge >= 0.3 is 0 Å². The van der Waals surface area contributed by atoms with Gasteiger partial charge in [-0.05, 0) is 27.7 Å². The molecule has 0 aromatic carbocycles. The molecule has 1 unspecified atom stereocenters. The van der Waals surface area contributed by atoms with E-state index in [0.717, 1.165) is 24.6 Å². The van der Waals surface area contributed by atoms with Crippen molar-refractivity contribution in [1.82, 2.24) is 15.3 Å². The molecular weight excluding hydrogens is 256 g/mol. The van der Waals surface area contributed by atoms with Gasteiger partial charge in [-0.3, -0.25) is 4.98 Å². The maximum atomic E-state index is 4.57. The predicted molar refractivity (Wildman–Crippen MR) is 82.8 cm³/mol. The molecule has 1 fully saturated rings. The normalized spacial score (nSPS) is 20.6. The number of thioether (sulfide) groups is 1. The van der Waals surface area contributed by atoms with Crippen LogP contribution < -0.4 is 10.2 Å². The van der Waals surface area contributed by atoms with Gasteiger partial charge in [-0.2, -0.15) is 11.8 Å². The molecule has 0 amide bonds. The Kier molecular flexibility index (Phi) is 4.68. The fourth-order valence-electron chi connectivity index (χ4n) is 2.01. The van der Waals surface area contributed by atoms with Crippen LogP contribution in [0.15, 0.2) is 12.4 Å². The average molecular weight is 280 g/mol. The van der Waals surface area contributed by atoms with Gasteiger partial charge in [-0.25, -0.2) is 4.98 Å². The number of hydrogen-bond donors (Lipinski definition) is 1. The molecular formula is C14H24N4S. The van der Waals surface area contributed by atoms with E-state index in [4.69, 9.17) is 0 Å². The molecule has 0 aliphatic carbocycles. The van der Waals surface area contributed by atoms with E-state index in [1.807, 2.05) is 24.2 Å². The SMILES string of the molecule is CC1CSCCN1c1cnc(CNC(C)(C)C)cn1. The van der Waals surface area contributed by atoms with E-state index < -0.39 is 0 Å². The van der Waals surface area contributed by atoms with Crippen LogP contribution in [0, 0.1) is 0 Å². The van der Waals surface area contributed by atoms with E-state index in [9.17, 15) is 0 Å². The molecule has 5 heteroatoms. The van der Waals surface area contributed by atoms with Crippen molar-refractivity contribution in [2.45, 2.75) is 45.8 Å². The Bertz CT molecular complexity index is 399. The first-order valence-corrected chi connectivity index (χ1v) is 8.01. The highest BCUT2D eigenvalue weighted by molar-refractivity contribution is 7.99. The van der Waals surface area contributed by atoms with Crippen molar-refractivity contribution in [2.75, 3.05) is 23.0 Å². The van der Waals surface area contributed by atoms with Crippen LogP contribution >= 0.6 is 11.8 Å². The summed E-state index contributed by atoms with van der Waals surface area (Å²) in [4.78, 5) is 11.4. The largest absolute Gasteiger partial charge is 0.351 e. The molecule has 0 spiro atoms. The Labute approximate surface area is 120 Å². The fraction of sp³-hybridized carbons (Fsp3) is 0.714. The molecule has 1 saturated heterocycles. The van der Waals surface area contributed by atoms with Gasteiger partial charge in [0.05, 0.1) is 18.1 Å². The second kappa shape index (κ2) is 6.09. The molecule has 2 rings (SSSR count). The first-order valence-electron chi connectivity index (χ1n) is 6.86. The van der Waals surface area contributed by atoms with Crippen molar-refractivity contribution in [3.63, 3.8) is 0 Å². The lowest BCUT2D eigenvalue weighted by Gasteiger charge is -2.33. The summed E-state index contributed by atoms with van der Waals surface area (Å²) in [6.45, 7) is 10.6. The number of hydrogen-bond acceptors (Lipinski definition) is 5. The van der Waals surface area contributed by atoms with Crippen molar-refractivity contribution in [1.29, 1.82) is 0 Å². The Morgan fingerprint density at radius 2 is 2.16 bits per heavy atom. The Balaban J connectivity index is 1.98. The first-order chi connectivity index (χ1) is 8.96. The molecule has 0 radical (unpaired) electrons. The highest BCUT2D eigenvalue weighted by Gasteiger charge is 2.20. The highest BCUT2D eigenvalue weighted by atomic mass is 32.2. The smallest absolute Gasteiger partial charge is 0.147 e. The summed E-state index contributed by atoms with van der Waals surface area (Å²) in [5.74, 6) is 3.36. The van der Waals surface area contributed by atoms with Crippen LogP contribution in [0.5, 0.6) is 0 Å². The second-order valence-corrected chi connectivity index (χ2v) is 7.24. The van der Waals surface area contributed by atoms with Gasteiger partial charge < -0.3 is 10.2 Å². The zero-order valence-electron chi connectivity index (χ0n) is 12.3. The quantitative estimate of drug-likeness (QED) is 0.920. The van der Waals surface area contributed by atoms with Crippen LogP contribution in [-0.4, -0.2) is 39.6 Å². The van der Waals surface area contributed by atoms with E-state index in [1.54, 1.807) is 0 Å². The number of nitrogens with zero attached hydrogens (tertiary/aromatic N) is 3. The van der Waals surface area contributed by atoms with Gasteiger partial charge in [0.15, 0.2) is 0 Å². The van der Waals surface area contributed by atoms with Crippen molar-refractivity contribution >= 4 is 17.6 Å². The number of nitrogens with one attached hydrogen (secondary N) is 1. The molecule has 1 aromatic heterocycles. The van der Waals surface area contributed by atoms with Gasteiger partial charge in [0.25, 0.3) is 0 Å². The summed E-state index contributed by atoms with van der Waals surface area (Å²) in [6.07, 6.45) is 3.80. The Morgan fingerprint density at radius 1 is 1.37 bits per heavy atom. The third kappa shape index (κ3) is 4.35. The summed E-state index contributed by atoms with van der Waals surface area (Å²) in [5.41, 5.74) is 1.11. The number of rotatable bonds is 3. The van der Waals surface area contributed by atoms with Crippen molar-refractivity contribution < 1.29 is 0 Å². The molecule has 1 N–H and O–H groups in total. The zero-order chi connectivity index (χ0) is 13.9. The lowest BCUT2D eigenvalue weighted by molar-refractivity contribution is 0.421. The molecule has 2 heterocycles. The highest BCUT2D eigenvalue weighted by Crippen LogP contribution is 2.21. The fourth-order valence-corrected chi connectivity index (χ4v) is 3.02. The lowest BCUT2D eigenvalue weighted by Crippen LogP contribution is -2.41. The van der Waals surface area contributed by atoms with Gasteiger partial charge in [-0.15, -0.1) is 0 Å². The molecule has 1 aliphatic rings. The molecule has 4 nitrogen and oxygen atoms in total. The summed E-state index contributed by atoms with van der Waals surface area (Å²) in [5, 5.41) is 3.43. The molecule has 106 valence electrons. The Morgan fingerprint density at radius 3 is 2.74 bits per heavy atom. The first kappa shape index (κ1) is 14.6. The third-order valence-corrected chi connectivity index (χ3v) is 4.34. The van der Waals surface area contributed by atoms with Crippen LogP contribution in [0.2, 0.25) is 0 Å². The predicted octanol–water partition coefficient (Wildman–Crippen LogP) is 2.31. The molecule has 19 heavy (non-hydrogen) atoms. The maximum absolute atomic E-state index is 4.57. The van der Waals surface area contributed by atoms with Crippen molar-refractivity contribution in [2.24, 2.45) is 0 Å². The minimum absolute atomic E-state index is 0.110. The van der Waals surface area contributed by atoms with E-state index in [1.165, 1.54) is 11.5 Å². The van der Waals surface area contributed by atoms with E-state index >= 15 is 0 Å². The van der Waals surface area contributed by atoms with Crippen LogP contribution in [-0.2, 0) is 6.54 Å². The summed E-state index contributed by atoms with van der Waals surface area (Å²) in [7, 11) is 0. The van der Waals surface area contributed by atoms with Crippen LogP contribution in [0.4, 0.5) is 5.82 Å². The van der Waals surface area contributed by atoms with Gasteiger partial charge in [0.1, 0.15) is 5.82 Å². The Hall–Kier alpha value is -0.810.